The summed E-state index contributed by atoms with van der Waals surface area (Å²) in [4.78, 5) is 27.1. The van der Waals surface area contributed by atoms with Gasteiger partial charge >= 0.3 is 11.9 Å². The highest BCUT2D eigenvalue weighted by Crippen LogP contribution is 2.45. The van der Waals surface area contributed by atoms with Gasteiger partial charge in [-0.2, -0.15) is 8.78 Å². The maximum Gasteiger partial charge on any atom is 0.368 e. The maximum atomic E-state index is 13.5. The van der Waals surface area contributed by atoms with Gasteiger partial charge in [0.05, 0.1) is 42.5 Å². The summed E-state index contributed by atoms with van der Waals surface area (Å²) in [5, 5.41) is 17.5. The number of para-hydroxylation sites is 2. The summed E-state index contributed by atoms with van der Waals surface area (Å²) in [6.45, 7) is 9.13. The molecule has 0 bridgehead atoms. The number of thioether (sulfide) groups is 2. The Bertz CT molecular complexity index is 2420. The molecule has 0 unspecified atom stereocenters. The van der Waals surface area contributed by atoms with Gasteiger partial charge in [-0.15, -0.1) is 23.5 Å². The molecule has 0 radical (unpaired) electrons. The Morgan fingerprint density at radius 3 is 1.32 bits per heavy atom. The van der Waals surface area contributed by atoms with Gasteiger partial charge in [0.1, 0.15) is 24.0 Å². The summed E-state index contributed by atoms with van der Waals surface area (Å²) in [6, 6.07) is 25.5. The molecule has 18 heteroatoms. The van der Waals surface area contributed by atoms with E-state index in [0.717, 1.165) is 49.9 Å². The van der Waals surface area contributed by atoms with Gasteiger partial charge in [-0.05, 0) is 72.6 Å². The van der Waals surface area contributed by atoms with Crippen molar-refractivity contribution in [1.82, 2.24) is 0 Å². The van der Waals surface area contributed by atoms with Crippen molar-refractivity contribution >= 4 is 77.9 Å². The highest BCUT2D eigenvalue weighted by Gasteiger charge is 2.35. The van der Waals surface area contributed by atoms with Crippen molar-refractivity contribution in [3.05, 3.63) is 109 Å². The van der Waals surface area contributed by atoms with Gasteiger partial charge in [0.2, 0.25) is 11.7 Å². The number of anilines is 4. The molecule has 2 aliphatic rings. The molecule has 12 nitrogen and oxygen atoms in total. The first-order valence-corrected chi connectivity index (χ1v) is 27.0. The van der Waals surface area contributed by atoms with Gasteiger partial charge in [-0.1, -0.05) is 89.8 Å². The number of benzene rings is 4. The number of halogens is 2. The van der Waals surface area contributed by atoms with Crippen molar-refractivity contribution in [2.45, 2.75) is 85.8 Å². The van der Waals surface area contributed by atoms with E-state index in [2.05, 4.69) is 13.8 Å². The fraction of sp³-hybridized carbons (Fsp3) is 0.375. The van der Waals surface area contributed by atoms with Gasteiger partial charge in [-0.3, -0.25) is 0 Å². The van der Waals surface area contributed by atoms with E-state index in [0.29, 0.717) is 58.3 Å². The molecule has 2 aliphatic heterocycles. The predicted octanol–water partition coefficient (Wildman–Crippen LogP) is 11.6. The lowest BCUT2D eigenvalue weighted by Gasteiger charge is -2.28. The second-order valence-corrected chi connectivity index (χ2v) is 22.3. The SMILES string of the molecule is CCCC[C@@H]1CN(c2ccccc2)c2cc(SCC)c(O/C=C(\F)C(=O)O)cc2S(=O)(=O)C1.CCCC[C@H]1CN(c2ccccc2)c2cc(SCC)c(O/C=C(\F)C(=O)O)cc2S(=O)(=O)C1. The zero-order chi connectivity index (χ0) is 48.0. The summed E-state index contributed by atoms with van der Waals surface area (Å²) in [5.41, 5.74) is 2.86. The Morgan fingerprint density at radius 1 is 0.636 bits per heavy atom. The maximum absolute atomic E-state index is 13.5. The average Bonchev–Trinajstić information content (AvgIpc) is 3.48. The first-order chi connectivity index (χ1) is 31.5. The van der Waals surface area contributed by atoms with Crippen LogP contribution < -0.4 is 19.3 Å². The molecular weight excluding hydrogens is 931 g/mol. The second-order valence-electron chi connectivity index (χ2n) is 15.6. The van der Waals surface area contributed by atoms with E-state index in [-0.39, 0.29) is 44.6 Å². The first kappa shape index (κ1) is 51.9. The number of sulfone groups is 2. The first-order valence-electron chi connectivity index (χ1n) is 21.8. The van der Waals surface area contributed by atoms with Crippen molar-refractivity contribution in [2.24, 2.45) is 11.8 Å². The molecule has 4 aromatic carbocycles. The van der Waals surface area contributed by atoms with Crippen LogP contribution in [0.5, 0.6) is 11.5 Å². The number of unbranched alkanes of at least 4 members (excludes halogenated alkanes) is 2. The lowest BCUT2D eigenvalue weighted by atomic mass is 10.0. The van der Waals surface area contributed by atoms with Crippen LogP contribution in [0.2, 0.25) is 0 Å². The number of nitrogens with zero attached hydrogens (tertiary/aromatic N) is 2. The van der Waals surface area contributed by atoms with E-state index in [4.69, 9.17) is 19.7 Å². The molecule has 0 saturated heterocycles. The molecule has 4 aromatic rings. The summed E-state index contributed by atoms with van der Waals surface area (Å²) in [6.07, 6.45) is 6.39. The van der Waals surface area contributed by atoms with E-state index in [1.807, 2.05) is 84.3 Å². The number of carbonyl (C=O) groups is 2. The molecule has 0 aliphatic carbocycles. The van der Waals surface area contributed by atoms with Crippen LogP contribution in [0.4, 0.5) is 31.5 Å². The Hall–Kier alpha value is -5.04. The molecule has 2 atom stereocenters. The number of aliphatic carboxylic acids is 2. The number of carboxylic acid groups (broad SMARTS) is 2. The van der Waals surface area contributed by atoms with Crippen molar-refractivity contribution in [3.63, 3.8) is 0 Å². The molecule has 0 fully saturated rings. The molecule has 0 aromatic heterocycles. The van der Waals surface area contributed by atoms with Crippen LogP contribution in [0, 0.1) is 11.8 Å². The number of hydrogen-bond acceptors (Lipinski definition) is 12. The summed E-state index contributed by atoms with van der Waals surface area (Å²) in [7, 11) is -7.34. The smallest absolute Gasteiger partial charge is 0.368 e. The lowest BCUT2D eigenvalue weighted by Crippen LogP contribution is -2.26. The molecular formula is C48H56F2N2O10S4. The Kier molecular flexibility index (Phi) is 19.0. The predicted molar refractivity (Wildman–Crippen MR) is 258 cm³/mol. The van der Waals surface area contributed by atoms with E-state index in [1.54, 1.807) is 12.1 Å². The minimum absolute atomic E-state index is 0.00235. The van der Waals surface area contributed by atoms with E-state index in [1.165, 1.54) is 35.7 Å². The Morgan fingerprint density at radius 2 is 1.00 bits per heavy atom. The van der Waals surface area contributed by atoms with E-state index < -0.39 is 43.3 Å². The van der Waals surface area contributed by atoms with Crippen LogP contribution in [0.1, 0.15) is 66.2 Å². The molecule has 2 heterocycles. The van der Waals surface area contributed by atoms with Crippen molar-refractivity contribution in [2.75, 3.05) is 45.9 Å². The Balaban J connectivity index is 0.000000247. The van der Waals surface area contributed by atoms with Gasteiger partial charge in [-0.25, -0.2) is 26.4 Å². The molecule has 6 rings (SSSR count). The van der Waals surface area contributed by atoms with E-state index >= 15 is 0 Å². The normalized spacial score (nSPS) is 17.8. The highest BCUT2D eigenvalue weighted by molar-refractivity contribution is 7.99. The molecule has 2 N–H and O–H groups in total. The van der Waals surface area contributed by atoms with Gasteiger partial charge < -0.3 is 29.5 Å². The van der Waals surface area contributed by atoms with Crippen molar-refractivity contribution in [3.8, 4) is 11.5 Å². The number of rotatable bonds is 18. The zero-order valence-electron chi connectivity index (χ0n) is 37.3. The van der Waals surface area contributed by atoms with Gasteiger partial charge in [0.15, 0.2) is 19.7 Å². The topological polar surface area (TPSA) is 168 Å². The van der Waals surface area contributed by atoms with Crippen LogP contribution in [-0.4, -0.2) is 75.1 Å². The summed E-state index contributed by atoms with van der Waals surface area (Å²) in [5.74, 6) is -5.00. The van der Waals surface area contributed by atoms with Crippen LogP contribution >= 0.6 is 23.5 Å². The lowest BCUT2D eigenvalue weighted by molar-refractivity contribution is -0.135. The van der Waals surface area contributed by atoms with E-state index in [9.17, 15) is 35.2 Å². The van der Waals surface area contributed by atoms with Gasteiger partial charge in [0, 0.05) is 36.6 Å². The summed E-state index contributed by atoms with van der Waals surface area (Å²) >= 11 is 2.82. The van der Waals surface area contributed by atoms with Crippen LogP contribution in [0.15, 0.2) is 129 Å². The molecule has 356 valence electrons. The van der Waals surface area contributed by atoms with Crippen molar-refractivity contribution in [1.29, 1.82) is 0 Å². The minimum atomic E-state index is -3.67. The Labute approximate surface area is 394 Å². The molecule has 0 spiro atoms. The number of ether oxygens (including phenoxy) is 2. The zero-order valence-corrected chi connectivity index (χ0v) is 40.6. The largest absolute Gasteiger partial charge is 0.476 e. The number of fused-ring (bicyclic) bond motifs is 2. The molecule has 66 heavy (non-hydrogen) atoms. The number of carboxylic acids is 2. The monoisotopic (exact) mass is 986 g/mol. The van der Waals surface area contributed by atoms with Gasteiger partial charge in [0.25, 0.3) is 0 Å². The minimum Gasteiger partial charge on any atom is -0.476 e. The number of hydrogen-bond donors (Lipinski definition) is 2. The van der Waals surface area contributed by atoms with Crippen LogP contribution in [0.3, 0.4) is 0 Å². The third kappa shape index (κ3) is 13.5. The van der Waals surface area contributed by atoms with Crippen molar-refractivity contribution < 1.29 is 54.9 Å². The van der Waals surface area contributed by atoms with Crippen LogP contribution in [0.25, 0.3) is 0 Å². The average molecular weight is 987 g/mol. The van der Waals surface area contributed by atoms with Crippen LogP contribution in [-0.2, 0) is 29.3 Å². The quantitative estimate of drug-likeness (QED) is 0.0549. The fourth-order valence-corrected chi connectivity index (χ4v) is 12.9. The third-order valence-electron chi connectivity index (χ3n) is 10.7. The fourth-order valence-electron chi connectivity index (χ4n) is 7.69. The summed E-state index contributed by atoms with van der Waals surface area (Å²) < 4.78 is 91.5. The standard InChI is InChI=1S/2C24H28FNO5S2/c2*1-3-5-9-17-14-26(18-10-7-6-8-11-18)20-12-22(32-4-2)21(31-15-19(25)24(27)28)13-23(20)33(29,30)16-17/h2*6-8,10-13,15,17H,3-5,9,14,16H2,1-2H3,(H,27,28)/b2*19-15-/t2*17-/m10/s1. The third-order valence-corrected chi connectivity index (χ3v) is 16.4. The highest BCUT2D eigenvalue weighted by atomic mass is 32.2. The second kappa shape index (κ2) is 24.1. The molecule has 0 saturated carbocycles. The molecule has 0 amide bonds.